The number of piperazine rings is 1. The van der Waals surface area contributed by atoms with E-state index in [9.17, 15) is 4.79 Å². The quantitative estimate of drug-likeness (QED) is 0.708. The van der Waals surface area contributed by atoms with Crippen LogP contribution < -0.4 is 5.32 Å². The molecule has 0 atom stereocenters. The highest BCUT2D eigenvalue weighted by Crippen LogP contribution is 2.28. The van der Waals surface area contributed by atoms with Crippen LogP contribution in [0.15, 0.2) is 36.7 Å². The van der Waals surface area contributed by atoms with Crippen LogP contribution in [0.25, 0.3) is 22.0 Å². The molecule has 2 aliphatic rings. The van der Waals surface area contributed by atoms with Gasteiger partial charge >= 0.3 is 0 Å². The fourth-order valence-corrected chi connectivity index (χ4v) is 4.25. The molecule has 1 amide bonds. The SMILES string of the molecule is Cc1ncc(-c2ccc3cnc(NC(=O)CN4CCN(C5CC5)CC4)cc3c2)n1C. The van der Waals surface area contributed by atoms with Crippen LogP contribution in [-0.2, 0) is 11.8 Å². The molecule has 3 aromatic rings. The number of amides is 1. The van der Waals surface area contributed by atoms with E-state index in [2.05, 4.69) is 47.9 Å². The van der Waals surface area contributed by atoms with Gasteiger partial charge in [-0.3, -0.25) is 14.6 Å². The van der Waals surface area contributed by atoms with Gasteiger partial charge in [-0.2, -0.15) is 0 Å². The van der Waals surface area contributed by atoms with E-state index in [1.165, 1.54) is 12.8 Å². The molecule has 2 fully saturated rings. The average Bonchev–Trinajstić information content (AvgIpc) is 3.54. The summed E-state index contributed by atoms with van der Waals surface area (Å²) in [4.78, 5) is 26.2. The molecule has 0 unspecified atom stereocenters. The monoisotopic (exact) mass is 404 g/mol. The number of nitrogens with one attached hydrogen (secondary N) is 1. The average molecular weight is 405 g/mol. The molecule has 7 nitrogen and oxygen atoms in total. The second-order valence-electron chi connectivity index (χ2n) is 8.47. The zero-order chi connectivity index (χ0) is 20.7. The minimum absolute atomic E-state index is 0.000126. The highest BCUT2D eigenvalue weighted by molar-refractivity contribution is 5.94. The molecule has 1 aromatic carbocycles. The summed E-state index contributed by atoms with van der Waals surface area (Å²) < 4.78 is 2.08. The standard InChI is InChI=1S/C23H28N6O/c1-16-24-14-21(27(16)2)17-3-4-18-13-25-22(12-19(18)11-17)26-23(30)15-28-7-9-29(10-8-28)20-5-6-20/h3-4,11-14,20H,5-10,15H2,1-2H3,(H,25,26,30). The number of aromatic nitrogens is 3. The van der Waals surface area contributed by atoms with Crippen LogP contribution >= 0.6 is 0 Å². The summed E-state index contributed by atoms with van der Waals surface area (Å²) in [6.45, 7) is 6.48. The number of imidazole rings is 1. The van der Waals surface area contributed by atoms with E-state index in [1.807, 2.05) is 32.4 Å². The molecule has 30 heavy (non-hydrogen) atoms. The van der Waals surface area contributed by atoms with Gasteiger partial charge in [0, 0.05) is 56.4 Å². The van der Waals surface area contributed by atoms with Gasteiger partial charge < -0.3 is 9.88 Å². The van der Waals surface area contributed by atoms with Gasteiger partial charge in [0.05, 0.1) is 18.4 Å². The maximum atomic E-state index is 12.6. The molecular formula is C23H28N6O. The van der Waals surface area contributed by atoms with Crippen LogP contribution in [-0.4, -0.2) is 69.0 Å². The maximum absolute atomic E-state index is 12.6. The second-order valence-corrected chi connectivity index (χ2v) is 8.47. The number of hydrogen-bond acceptors (Lipinski definition) is 5. The number of anilines is 1. The van der Waals surface area contributed by atoms with Crippen molar-refractivity contribution in [1.29, 1.82) is 0 Å². The van der Waals surface area contributed by atoms with E-state index in [-0.39, 0.29) is 5.91 Å². The Hall–Kier alpha value is -2.77. The lowest BCUT2D eigenvalue weighted by Crippen LogP contribution is -2.49. The molecule has 1 saturated heterocycles. The molecule has 156 valence electrons. The molecule has 0 bridgehead atoms. The molecule has 5 rings (SSSR count). The first-order chi connectivity index (χ1) is 14.6. The number of aryl methyl sites for hydroxylation is 1. The molecule has 3 heterocycles. The number of carbonyl (C=O) groups is 1. The Kier molecular flexibility index (Phi) is 5.00. The Morgan fingerprint density at radius 2 is 1.87 bits per heavy atom. The van der Waals surface area contributed by atoms with E-state index in [0.29, 0.717) is 12.4 Å². The van der Waals surface area contributed by atoms with Crippen molar-refractivity contribution >= 4 is 22.5 Å². The van der Waals surface area contributed by atoms with Crippen LogP contribution in [0.5, 0.6) is 0 Å². The summed E-state index contributed by atoms with van der Waals surface area (Å²) in [5, 5.41) is 5.08. The van der Waals surface area contributed by atoms with Crippen molar-refractivity contribution in [3.05, 3.63) is 42.5 Å². The first-order valence-electron chi connectivity index (χ1n) is 10.7. The topological polar surface area (TPSA) is 66.3 Å². The number of rotatable bonds is 5. The van der Waals surface area contributed by atoms with E-state index >= 15 is 0 Å². The van der Waals surface area contributed by atoms with Crippen molar-refractivity contribution in [1.82, 2.24) is 24.3 Å². The van der Waals surface area contributed by atoms with Gasteiger partial charge in [0.2, 0.25) is 5.91 Å². The van der Waals surface area contributed by atoms with Crippen LogP contribution in [0.1, 0.15) is 18.7 Å². The summed E-state index contributed by atoms with van der Waals surface area (Å²) in [6, 6.07) is 9.03. The molecule has 0 radical (unpaired) electrons. The van der Waals surface area contributed by atoms with Gasteiger partial charge in [-0.25, -0.2) is 9.97 Å². The summed E-state index contributed by atoms with van der Waals surface area (Å²) in [5.74, 6) is 1.58. The van der Waals surface area contributed by atoms with Crippen LogP contribution in [0.2, 0.25) is 0 Å². The predicted octanol–water partition coefficient (Wildman–Crippen LogP) is 2.66. The molecule has 1 aliphatic carbocycles. The number of nitrogens with zero attached hydrogens (tertiary/aromatic N) is 5. The van der Waals surface area contributed by atoms with Crippen molar-refractivity contribution in [2.24, 2.45) is 7.05 Å². The van der Waals surface area contributed by atoms with Crippen molar-refractivity contribution in [2.75, 3.05) is 38.0 Å². The Labute approximate surface area is 176 Å². The minimum atomic E-state index is 0.000126. The van der Waals surface area contributed by atoms with E-state index in [0.717, 1.165) is 60.1 Å². The number of hydrogen-bond donors (Lipinski definition) is 1. The Morgan fingerprint density at radius 1 is 1.07 bits per heavy atom. The van der Waals surface area contributed by atoms with Gasteiger partial charge in [-0.05, 0) is 37.3 Å². The smallest absolute Gasteiger partial charge is 0.239 e. The third kappa shape index (κ3) is 3.95. The molecule has 1 aliphatic heterocycles. The number of benzene rings is 1. The minimum Gasteiger partial charge on any atom is -0.331 e. The third-order valence-corrected chi connectivity index (χ3v) is 6.34. The molecule has 1 saturated carbocycles. The molecule has 7 heteroatoms. The Bertz CT molecular complexity index is 1080. The Balaban J connectivity index is 1.26. The van der Waals surface area contributed by atoms with E-state index < -0.39 is 0 Å². The van der Waals surface area contributed by atoms with Crippen LogP contribution in [0.4, 0.5) is 5.82 Å². The van der Waals surface area contributed by atoms with Crippen LogP contribution in [0, 0.1) is 6.92 Å². The molecular weight excluding hydrogens is 376 g/mol. The first-order valence-corrected chi connectivity index (χ1v) is 10.7. The van der Waals surface area contributed by atoms with Gasteiger partial charge in [-0.15, -0.1) is 0 Å². The van der Waals surface area contributed by atoms with Crippen molar-refractivity contribution in [3.63, 3.8) is 0 Å². The lowest BCUT2D eigenvalue weighted by molar-refractivity contribution is -0.117. The summed E-state index contributed by atoms with van der Waals surface area (Å²) >= 11 is 0. The summed E-state index contributed by atoms with van der Waals surface area (Å²) in [7, 11) is 2.02. The predicted molar refractivity (Wildman–Crippen MR) is 118 cm³/mol. The van der Waals surface area contributed by atoms with Crippen molar-refractivity contribution < 1.29 is 4.79 Å². The fraction of sp³-hybridized carbons (Fsp3) is 0.435. The molecule has 1 N–H and O–H groups in total. The maximum Gasteiger partial charge on any atom is 0.239 e. The second kappa shape index (κ2) is 7.81. The summed E-state index contributed by atoms with van der Waals surface area (Å²) in [5.41, 5.74) is 2.17. The Morgan fingerprint density at radius 3 is 2.57 bits per heavy atom. The molecule has 2 aromatic heterocycles. The normalized spacial score (nSPS) is 18.1. The van der Waals surface area contributed by atoms with Gasteiger partial charge in [0.15, 0.2) is 0 Å². The third-order valence-electron chi connectivity index (χ3n) is 6.34. The van der Waals surface area contributed by atoms with Crippen LogP contribution in [0.3, 0.4) is 0 Å². The lowest BCUT2D eigenvalue weighted by Gasteiger charge is -2.34. The van der Waals surface area contributed by atoms with E-state index in [4.69, 9.17) is 0 Å². The highest BCUT2D eigenvalue weighted by atomic mass is 16.2. The zero-order valence-corrected chi connectivity index (χ0v) is 17.6. The summed E-state index contributed by atoms with van der Waals surface area (Å²) in [6.07, 6.45) is 6.40. The number of pyridine rings is 1. The largest absolute Gasteiger partial charge is 0.331 e. The van der Waals surface area contributed by atoms with E-state index in [1.54, 1.807) is 0 Å². The first kappa shape index (κ1) is 19.2. The van der Waals surface area contributed by atoms with Gasteiger partial charge in [0.25, 0.3) is 0 Å². The lowest BCUT2D eigenvalue weighted by atomic mass is 10.1. The highest BCUT2D eigenvalue weighted by Gasteiger charge is 2.31. The van der Waals surface area contributed by atoms with Gasteiger partial charge in [-0.1, -0.05) is 12.1 Å². The number of fused-ring (bicyclic) bond motifs is 1. The molecule has 0 spiro atoms. The van der Waals surface area contributed by atoms with Gasteiger partial charge in [0.1, 0.15) is 11.6 Å². The van der Waals surface area contributed by atoms with Crippen molar-refractivity contribution in [2.45, 2.75) is 25.8 Å². The van der Waals surface area contributed by atoms with Crippen molar-refractivity contribution in [3.8, 4) is 11.3 Å². The fourth-order valence-electron chi connectivity index (χ4n) is 4.25. The number of carbonyl (C=O) groups excluding carboxylic acids is 1. The zero-order valence-electron chi connectivity index (χ0n) is 17.6.